The molecule has 1 saturated heterocycles. The van der Waals surface area contributed by atoms with Gasteiger partial charge in [0.1, 0.15) is 11.3 Å². The molecule has 1 fully saturated rings. The molecule has 1 aromatic heterocycles. The number of rotatable bonds is 2. The summed E-state index contributed by atoms with van der Waals surface area (Å²) < 4.78 is 5.84. The molecule has 3 rings (SSSR count). The normalized spacial score (nSPS) is 22.7. The molecule has 2 atom stereocenters. The first-order valence-corrected chi connectivity index (χ1v) is 7.91. The van der Waals surface area contributed by atoms with Crippen LogP contribution in [0.4, 0.5) is 0 Å². The van der Waals surface area contributed by atoms with E-state index in [4.69, 9.17) is 10.2 Å². The van der Waals surface area contributed by atoms with Gasteiger partial charge in [-0.3, -0.25) is 4.79 Å². The lowest BCUT2D eigenvalue weighted by Gasteiger charge is -2.43. The van der Waals surface area contributed by atoms with Gasteiger partial charge in [-0.25, -0.2) is 0 Å². The third-order valence-electron chi connectivity index (χ3n) is 4.87. The molecule has 2 aromatic rings. The number of nitrogens with zero attached hydrogens (tertiary/aromatic N) is 1. The quantitative estimate of drug-likeness (QED) is 0.927. The van der Waals surface area contributed by atoms with Gasteiger partial charge in [-0.1, -0.05) is 32.0 Å². The molecule has 4 nitrogen and oxygen atoms in total. The zero-order valence-corrected chi connectivity index (χ0v) is 13.5. The van der Waals surface area contributed by atoms with Gasteiger partial charge in [0.25, 0.3) is 0 Å². The van der Waals surface area contributed by atoms with Crippen LogP contribution in [0.25, 0.3) is 11.0 Å². The van der Waals surface area contributed by atoms with Gasteiger partial charge in [0.2, 0.25) is 5.91 Å². The summed E-state index contributed by atoms with van der Waals surface area (Å²) in [5.41, 5.74) is 6.95. The Kier molecular flexibility index (Phi) is 3.73. The Morgan fingerprint density at radius 1 is 1.41 bits per heavy atom. The van der Waals surface area contributed by atoms with E-state index < -0.39 is 0 Å². The molecule has 2 unspecified atom stereocenters. The van der Waals surface area contributed by atoms with Crippen molar-refractivity contribution in [1.29, 1.82) is 0 Å². The molecule has 2 N–H and O–H groups in total. The first kappa shape index (κ1) is 15.1. The molecule has 0 bridgehead atoms. The Balaban J connectivity index is 1.79. The zero-order chi connectivity index (χ0) is 15.9. The number of furan rings is 1. The van der Waals surface area contributed by atoms with Crippen LogP contribution >= 0.6 is 0 Å². The molecule has 0 radical (unpaired) electrons. The Hall–Kier alpha value is -1.81. The molecule has 0 spiro atoms. The molecule has 0 saturated carbocycles. The lowest BCUT2D eigenvalue weighted by molar-refractivity contribution is -0.136. The Bertz CT molecular complexity index is 656. The Labute approximate surface area is 131 Å². The number of amides is 1. The van der Waals surface area contributed by atoms with Gasteiger partial charge in [0, 0.05) is 24.5 Å². The highest BCUT2D eigenvalue weighted by molar-refractivity contribution is 5.85. The van der Waals surface area contributed by atoms with Crippen LogP contribution < -0.4 is 5.73 Å². The number of nitrogens with two attached hydrogens (primary N) is 1. The van der Waals surface area contributed by atoms with E-state index in [1.165, 1.54) is 0 Å². The van der Waals surface area contributed by atoms with Gasteiger partial charge in [-0.05, 0) is 30.9 Å². The van der Waals surface area contributed by atoms with E-state index in [0.717, 1.165) is 29.7 Å². The van der Waals surface area contributed by atoms with Crippen LogP contribution in [0.2, 0.25) is 0 Å². The number of carbonyl (C=O) groups is 1. The summed E-state index contributed by atoms with van der Waals surface area (Å²) in [7, 11) is 0. The average molecular weight is 300 g/mol. The molecule has 118 valence electrons. The molecular weight excluding hydrogens is 276 g/mol. The number of benzene rings is 1. The smallest absolute Gasteiger partial charge is 0.233 e. The highest BCUT2D eigenvalue weighted by atomic mass is 16.3. The van der Waals surface area contributed by atoms with Gasteiger partial charge in [0.15, 0.2) is 0 Å². The van der Waals surface area contributed by atoms with E-state index in [0.29, 0.717) is 6.54 Å². The van der Waals surface area contributed by atoms with Gasteiger partial charge in [-0.15, -0.1) is 0 Å². The second-order valence-corrected chi connectivity index (χ2v) is 7.05. The van der Waals surface area contributed by atoms with Crippen molar-refractivity contribution in [1.82, 2.24) is 4.90 Å². The fourth-order valence-corrected chi connectivity index (χ4v) is 3.17. The standard InChI is InChI=1S/C18H24N2O2/c1-12(15-10-13-6-4-5-7-14(13)22-15)17(21)20-9-8-16(19)18(2,3)11-20/h4-7,10,12,16H,8-9,11,19H2,1-3H3. The second kappa shape index (κ2) is 5.43. The minimum absolute atomic E-state index is 0.0402. The van der Waals surface area contributed by atoms with Crippen molar-refractivity contribution >= 4 is 16.9 Å². The lowest BCUT2D eigenvalue weighted by Crippen LogP contribution is -2.54. The van der Waals surface area contributed by atoms with Crippen LogP contribution in [0.3, 0.4) is 0 Å². The zero-order valence-electron chi connectivity index (χ0n) is 13.5. The maximum Gasteiger partial charge on any atom is 0.233 e. The molecule has 4 heteroatoms. The van der Waals surface area contributed by atoms with E-state index in [2.05, 4.69) is 13.8 Å². The second-order valence-electron chi connectivity index (χ2n) is 7.05. The van der Waals surface area contributed by atoms with Crippen LogP contribution in [-0.4, -0.2) is 29.9 Å². The van der Waals surface area contributed by atoms with E-state index >= 15 is 0 Å². The summed E-state index contributed by atoms with van der Waals surface area (Å²) in [6.07, 6.45) is 0.853. The number of likely N-dealkylation sites (tertiary alicyclic amines) is 1. The van der Waals surface area contributed by atoms with Gasteiger partial charge in [-0.2, -0.15) is 0 Å². The fourth-order valence-electron chi connectivity index (χ4n) is 3.17. The average Bonchev–Trinajstić information content (AvgIpc) is 2.92. The van der Waals surface area contributed by atoms with Crippen molar-refractivity contribution < 1.29 is 9.21 Å². The Morgan fingerprint density at radius 3 is 2.82 bits per heavy atom. The van der Waals surface area contributed by atoms with E-state index in [9.17, 15) is 4.79 Å². The van der Waals surface area contributed by atoms with E-state index in [1.54, 1.807) is 0 Å². The van der Waals surface area contributed by atoms with Crippen LogP contribution in [0.1, 0.15) is 38.9 Å². The lowest BCUT2D eigenvalue weighted by atomic mass is 9.79. The van der Waals surface area contributed by atoms with Crippen molar-refractivity contribution in [3.05, 3.63) is 36.1 Å². The maximum absolute atomic E-state index is 12.8. The van der Waals surface area contributed by atoms with Crippen molar-refractivity contribution in [2.24, 2.45) is 11.1 Å². The van der Waals surface area contributed by atoms with Gasteiger partial charge >= 0.3 is 0 Å². The monoisotopic (exact) mass is 300 g/mol. The predicted octanol–water partition coefficient (Wildman–Crippen LogP) is 3.12. The number of hydrogen-bond acceptors (Lipinski definition) is 3. The van der Waals surface area contributed by atoms with Gasteiger partial charge < -0.3 is 15.1 Å². The summed E-state index contributed by atoms with van der Waals surface area (Å²) in [6.45, 7) is 7.61. The predicted molar refractivity (Wildman–Crippen MR) is 87.6 cm³/mol. The number of piperidine rings is 1. The number of carbonyl (C=O) groups excluding carboxylic acids is 1. The first-order valence-electron chi connectivity index (χ1n) is 7.91. The number of para-hydroxylation sites is 1. The molecule has 1 amide bonds. The third kappa shape index (κ3) is 2.63. The molecule has 1 aliphatic rings. The number of fused-ring (bicyclic) bond motifs is 1. The maximum atomic E-state index is 12.8. The molecule has 2 heterocycles. The summed E-state index contributed by atoms with van der Waals surface area (Å²) in [4.78, 5) is 14.7. The highest BCUT2D eigenvalue weighted by Crippen LogP contribution is 2.31. The van der Waals surface area contributed by atoms with Crippen molar-refractivity contribution in [3.63, 3.8) is 0 Å². The highest BCUT2D eigenvalue weighted by Gasteiger charge is 2.37. The van der Waals surface area contributed by atoms with E-state index in [1.807, 2.05) is 42.2 Å². The molecule has 1 aromatic carbocycles. The summed E-state index contributed by atoms with van der Waals surface area (Å²) >= 11 is 0. The SMILES string of the molecule is CC(C(=O)N1CCC(N)C(C)(C)C1)c1cc2ccccc2o1. The summed E-state index contributed by atoms with van der Waals surface area (Å²) in [6, 6.07) is 9.97. The van der Waals surface area contributed by atoms with Crippen LogP contribution in [0.5, 0.6) is 0 Å². The third-order valence-corrected chi connectivity index (χ3v) is 4.87. The van der Waals surface area contributed by atoms with Crippen LogP contribution in [-0.2, 0) is 4.79 Å². The largest absolute Gasteiger partial charge is 0.460 e. The fraction of sp³-hybridized carbons (Fsp3) is 0.500. The molecule has 0 aliphatic carbocycles. The van der Waals surface area contributed by atoms with Crippen molar-refractivity contribution in [3.8, 4) is 0 Å². The topological polar surface area (TPSA) is 59.5 Å². The molecular formula is C18H24N2O2. The Morgan fingerprint density at radius 2 is 2.14 bits per heavy atom. The summed E-state index contributed by atoms with van der Waals surface area (Å²) in [5, 5.41) is 1.04. The number of hydrogen-bond donors (Lipinski definition) is 1. The van der Waals surface area contributed by atoms with Crippen molar-refractivity contribution in [2.45, 2.75) is 39.2 Å². The minimum Gasteiger partial charge on any atom is -0.460 e. The van der Waals surface area contributed by atoms with Gasteiger partial charge in [0.05, 0.1) is 5.92 Å². The van der Waals surface area contributed by atoms with Crippen LogP contribution in [0.15, 0.2) is 34.7 Å². The molecule has 22 heavy (non-hydrogen) atoms. The van der Waals surface area contributed by atoms with Crippen molar-refractivity contribution in [2.75, 3.05) is 13.1 Å². The van der Waals surface area contributed by atoms with Crippen LogP contribution in [0, 0.1) is 5.41 Å². The molecule has 1 aliphatic heterocycles. The van der Waals surface area contributed by atoms with E-state index in [-0.39, 0.29) is 23.3 Å². The summed E-state index contributed by atoms with van der Waals surface area (Å²) in [5.74, 6) is 0.593. The first-order chi connectivity index (χ1) is 10.4. The minimum atomic E-state index is -0.266.